The molecule has 0 bridgehead atoms. The highest BCUT2D eigenvalue weighted by Gasteiger charge is 2.34. The van der Waals surface area contributed by atoms with Crippen molar-refractivity contribution >= 4 is 68.6 Å². The largest absolute Gasteiger partial charge is 0.494 e. The van der Waals surface area contributed by atoms with E-state index in [1.807, 2.05) is 24.3 Å². The summed E-state index contributed by atoms with van der Waals surface area (Å²) in [6.07, 6.45) is 14.7. The summed E-state index contributed by atoms with van der Waals surface area (Å²) in [5.74, 6) is -1.06. The quantitative estimate of drug-likeness (QED) is 0.00862. The van der Waals surface area contributed by atoms with Gasteiger partial charge in [0.25, 0.3) is 0 Å². The SMILES string of the molecule is C=CC(=N)OCCCCCCOc1ccc(OC(=O)C2CCC(C(=O)Oc3ccc(OC(=O)C4CCC(C(=O)Oc5ccc(OCCCCCCOC(=O)C=C)cc5)CC4)cc3/C=N/N(C(=C)C)c3nc4ccccc4s3)CC2)cc1. The number of rotatable bonds is 30. The maximum absolute atomic E-state index is 13.9. The van der Waals surface area contributed by atoms with Gasteiger partial charge in [0.1, 0.15) is 34.5 Å². The topological polar surface area (TPSA) is 212 Å². The number of allylic oxidation sites excluding steroid dienone is 1. The lowest BCUT2D eigenvalue weighted by molar-refractivity contribution is -0.145. The zero-order valence-corrected chi connectivity index (χ0v) is 46.8. The molecular formula is C63H72N4O13S. The number of benzene rings is 4. The molecule has 17 nitrogen and oxygen atoms in total. The molecule has 2 fully saturated rings. The summed E-state index contributed by atoms with van der Waals surface area (Å²) in [5.41, 5.74) is 1.75. The number of carbonyl (C=O) groups excluding carboxylic acids is 5. The Balaban J connectivity index is 0.890. The molecule has 428 valence electrons. The van der Waals surface area contributed by atoms with Gasteiger partial charge in [-0.25, -0.2) is 14.8 Å². The number of unbranched alkanes of at least 4 members (excludes halogenated alkanes) is 6. The van der Waals surface area contributed by atoms with Crippen molar-refractivity contribution in [3.05, 3.63) is 134 Å². The molecule has 2 saturated carbocycles. The van der Waals surface area contributed by atoms with E-state index in [1.54, 1.807) is 78.7 Å². The molecule has 0 spiro atoms. The molecule has 0 radical (unpaired) electrons. The first-order valence-electron chi connectivity index (χ1n) is 27.8. The molecular weight excluding hydrogens is 1050 g/mol. The standard InChI is InChI=1S/C63H72N4O13S/c1-5-57(64)75-39-15-9-7-13-37-73-49-27-33-52(34-28-49)78-60(70)45-23-25-47(26-24-45)62(72)80-55-36-35-53(41-48(55)42-65-67(43(3)4)63-66-54-17-11-12-18-56(54)81-63)79-61(71)46-21-19-44(20-22-46)59(69)77-51-31-29-50(30-32-51)74-38-14-8-10-16-40-76-58(68)6-2/h5-6,11-12,17-18,27-36,41-42,44-47,64H,1-3,7-10,13-16,19-26,37-40H2,4H3/b64-57?,65-42+. The van der Waals surface area contributed by atoms with Crippen LogP contribution in [0.25, 0.3) is 10.2 Å². The number of aromatic nitrogens is 1. The molecule has 0 saturated heterocycles. The Hall–Kier alpha value is -8.12. The van der Waals surface area contributed by atoms with E-state index >= 15 is 0 Å². The third-order valence-corrected chi connectivity index (χ3v) is 14.9. The van der Waals surface area contributed by atoms with Gasteiger partial charge in [0.15, 0.2) is 0 Å². The summed E-state index contributed by atoms with van der Waals surface area (Å²) in [5, 5.41) is 14.4. The van der Waals surface area contributed by atoms with E-state index in [4.69, 9.17) is 53.4 Å². The second-order valence-corrected chi connectivity index (χ2v) is 21.0. The van der Waals surface area contributed by atoms with Crippen LogP contribution >= 0.6 is 11.3 Å². The Morgan fingerprint density at radius 1 is 0.580 bits per heavy atom. The molecule has 2 aliphatic rings. The minimum atomic E-state index is -0.475. The van der Waals surface area contributed by atoms with Crippen LogP contribution in [0.4, 0.5) is 5.13 Å². The molecule has 7 rings (SSSR count). The molecule has 5 aromatic rings. The van der Waals surface area contributed by atoms with Gasteiger partial charge < -0.3 is 37.9 Å². The van der Waals surface area contributed by atoms with Gasteiger partial charge in [0, 0.05) is 17.3 Å². The Morgan fingerprint density at radius 2 is 1.02 bits per heavy atom. The van der Waals surface area contributed by atoms with Crippen LogP contribution in [0.5, 0.6) is 34.5 Å². The van der Waals surface area contributed by atoms with Crippen LogP contribution in [0, 0.1) is 29.1 Å². The number of esters is 5. The van der Waals surface area contributed by atoms with Gasteiger partial charge >= 0.3 is 29.8 Å². The number of fused-ring (bicyclic) bond motifs is 1. The van der Waals surface area contributed by atoms with E-state index in [-0.39, 0.29) is 41.2 Å². The number of para-hydroxylation sites is 1. The first kappa shape index (κ1) is 60.5. The molecule has 1 N–H and O–H groups in total. The summed E-state index contributed by atoms with van der Waals surface area (Å²) in [7, 11) is 0. The third kappa shape index (κ3) is 19.3. The molecule has 2 aliphatic carbocycles. The Labute approximate surface area is 477 Å². The zero-order valence-electron chi connectivity index (χ0n) is 46.0. The van der Waals surface area contributed by atoms with Crippen molar-refractivity contribution in [1.82, 2.24) is 4.98 Å². The van der Waals surface area contributed by atoms with Crippen molar-refractivity contribution in [2.45, 2.75) is 110 Å². The van der Waals surface area contributed by atoms with Crippen molar-refractivity contribution in [3.63, 3.8) is 0 Å². The smallest absolute Gasteiger partial charge is 0.330 e. The number of nitrogens with one attached hydrogen (secondary N) is 1. The minimum absolute atomic E-state index is 0.0841. The Kier molecular flexibility index (Phi) is 23.6. The van der Waals surface area contributed by atoms with Gasteiger partial charge in [0.05, 0.1) is 66.5 Å². The average molecular weight is 1130 g/mol. The van der Waals surface area contributed by atoms with E-state index < -0.39 is 29.7 Å². The molecule has 1 aromatic heterocycles. The van der Waals surface area contributed by atoms with E-state index in [1.165, 1.54) is 23.6 Å². The van der Waals surface area contributed by atoms with Crippen LogP contribution in [0.2, 0.25) is 0 Å². The van der Waals surface area contributed by atoms with Crippen molar-refractivity contribution in [2.24, 2.45) is 28.8 Å². The summed E-state index contributed by atoms with van der Waals surface area (Å²) in [6.45, 7) is 14.8. The van der Waals surface area contributed by atoms with Crippen molar-refractivity contribution < 1.29 is 61.9 Å². The first-order chi connectivity index (χ1) is 39.3. The maximum Gasteiger partial charge on any atom is 0.330 e. The molecule has 0 amide bonds. The van der Waals surface area contributed by atoms with Crippen molar-refractivity contribution in [3.8, 4) is 34.5 Å². The molecule has 81 heavy (non-hydrogen) atoms. The molecule has 0 atom stereocenters. The highest BCUT2D eigenvalue weighted by molar-refractivity contribution is 7.22. The van der Waals surface area contributed by atoms with Gasteiger partial charge in [-0.15, -0.1) is 0 Å². The summed E-state index contributed by atoms with van der Waals surface area (Å²) >= 11 is 1.44. The van der Waals surface area contributed by atoms with Crippen LogP contribution in [0.1, 0.15) is 115 Å². The fourth-order valence-electron chi connectivity index (χ4n) is 9.26. The van der Waals surface area contributed by atoms with Crippen molar-refractivity contribution in [2.75, 3.05) is 31.4 Å². The van der Waals surface area contributed by atoms with Crippen molar-refractivity contribution in [1.29, 1.82) is 5.41 Å². The average Bonchev–Trinajstić information content (AvgIpc) is 3.96. The second-order valence-electron chi connectivity index (χ2n) is 20.0. The number of ether oxygens (including phenoxy) is 8. The predicted octanol–water partition coefficient (Wildman–Crippen LogP) is 13.1. The number of hydrogen-bond donors (Lipinski definition) is 1. The zero-order chi connectivity index (χ0) is 57.3. The summed E-state index contributed by atoms with van der Waals surface area (Å²) < 4.78 is 46.3. The van der Waals surface area contributed by atoms with Gasteiger partial charge in [-0.1, -0.05) is 43.2 Å². The number of anilines is 1. The fraction of sp³-hybridized carbons (Fsp3) is 0.397. The molecule has 0 unspecified atom stereocenters. The van der Waals surface area contributed by atoms with E-state index in [2.05, 4.69) is 19.7 Å². The van der Waals surface area contributed by atoms with Gasteiger partial charge in [-0.05, 0) is 195 Å². The molecule has 0 aliphatic heterocycles. The summed E-state index contributed by atoms with van der Waals surface area (Å²) in [6, 6.07) is 26.3. The van der Waals surface area contributed by atoms with Crippen LogP contribution in [-0.2, 0) is 33.4 Å². The number of hydrogen-bond acceptors (Lipinski definition) is 18. The van der Waals surface area contributed by atoms with Crippen LogP contribution in [0.3, 0.4) is 0 Å². The highest BCUT2D eigenvalue weighted by atomic mass is 32.1. The third-order valence-electron chi connectivity index (χ3n) is 13.9. The van der Waals surface area contributed by atoms with Crippen LogP contribution < -0.4 is 33.4 Å². The van der Waals surface area contributed by atoms with E-state index in [0.717, 1.165) is 67.7 Å². The van der Waals surface area contributed by atoms with Gasteiger partial charge in [-0.2, -0.15) is 5.10 Å². The fourth-order valence-corrected chi connectivity index (χ4v) is 10.3. The maximum atomic E-state index is 13.9. The first-order valence-corrected chi connectivity index (χ1v) is 28.6. The summed E-state index contributed by atoms with van der Waals surface area (Å²) in [4.78, 5) is 69.9. The van der Waals surface area contributed by atoms with Gasteiger partial charge in [0.2, 0.25) is 11.0 Å². The lowest BCUT2D eigenvalue weighted by Gasteiger charge is -2.26. The second kappa shape index (κ2) is 31.6. The van der Waals surface area contributed by atoms with Gasteiger partial charge in [-0.3, -0.25) is 24.6 Å². The van der Waals surface area contributed by atoms with Crippen LogP contribution in [-0.4, -0.2) is 73.4 Å². The lowest BCUT2D eigenvalue weighted by Crippen LogP contribution is -2.30. The lowest BCUT2D eigenvalue weighted by atomic mass is 9.82. The molecule has 1 heterocycles. The van der Waals surface area contributed by atoms with E-state index in [0.29, 0.717) is 117 Å². The van der Waals surface area contributed by atoms with Crippen LogP contribution in [0.15, 0.2) is 134 Å². The number of carbonyl (C=O) groups is 5. The Morgan fingerprint density at radius 3 is 1.51 bits per heavy atom. The monoisotopic (exact) mass is 1120 g/mol. The Bertz CT molecular complexity index is 2940. The number of nitrogens with zero attached hydrogens (tertiary/aromatic N) is 3. The number of hydrazone groups is 1. The predicted molar refractivity (Wildman–Crippen MR) is 310 cm³/mol. The van der Waals surface area contributed by atoms with E-state index in [9.17, 15) is 24.0 Å². The highest BCUT2D eigenvalue weighted by Crippen LogP contribution is 2.36. The molecule has 4 aromatic carbocycles. The normalized spacial score (nSPS) is 16.8. The number of thiazole rings is 1. The minimum Gasteiger partial charge on any atom is -0.494 e. The molecule has 18 heteroatoms.